The van der Waals surface area contributed by atoms with Gasteiger partial charge in [-0.15, -0.1) is 10.2 Å². The molecule has 0 fully saturated rings. The lowest BCUT2D eigenvalue weighted by Gasteiger charge is -2.23. The maximum absolute atomic E-state index is 13.3. The van der Waals surface area contributed by atoms with Crippen molar-refractivity contribution in [3.8, 4) is 0 Å². The fourth-order valence-corrected chi connectivity index (χ4v) is 5.49. The van der Waals surface area contributed by atoms with Crippen LogP contribution >= 0.6 is 23.1 Å². The van der Waals surface area contributed by atoms with Crippen molar-refractivity contribution in [2.24, 2.45) is 0 Å². The lowest BCUT2D eigenvalue weighted by atomic mass is 9.96. The van der Waals surface area contributed by atoms with Gasteiger partial charge in [-0.05, 0) is 54.4 Å². The van der Waals surface area contributed by atoms with Crippen LogP contribution in [0.25, 0.3) is 0 Å². The summed E-state index contributed by atoms with van der Waals surface area (Å²) in [4.78, 5) is 31.7. The first-order valence-electron chi connectivity index (χ1n) is 10.4. The van der Waals surface area contributed by atoms with Gasteiger partial charge in [0.15, 0.2) is 15.9 Å². The third-order valence-electron chi connectivity index (χ3n) is 5.32. The molecule has 5 rings (SSSR count). The third kappa shape index (κ3) is 4.47. The summed E-state index contributed by atoms with van der Waals surface area (Å²) in [6.07, 6.45) is 3.08. The second-order valence-corrected chi connectivity index (χ2v) is 9.80. The number of halogens is 1. The van der Waals surface area contributed by atoms with Crippen LogP contribution in [-0.2, 0) is 10.5 Å². The smallest absolute Gasteiger partial charge is 0.296 e. The van der Waals surface area contributed by atoms with Gasteiger partial charge in [0.2, 0.25) is 10.9 Å². The molecule has 1 N–H and O–H groups in total. The number of nitrogens with zero attached hydrogens (tertiary/aromatic N) is 4. The van der Waals surface area contributed by atoms with Gasteiger partial charge in [-0.25, -0.2) is 4.39 Å². The number of rotatable bonds is 7. The summed E-state index contributed by atoms with van der Waals surface area (Å²) in [6, 6.07) is 11.7. The summed E-state index contributed by atoms with van der Waals surface area (Å²) in [6.45, 7) is 1.70. The molecule has 1 aliphatic rings. The maximum Gasteiger partial charge on any atom is 0.296 e. The molecule has 8 nitrogen and oxygen atoms in total. The minimum absolute atomic E-state index is 0.0190. The molecule has 176 valence electrons. The maximum atomic E-state index is 13.3. The topological polar surface area (TPSA) is 109 Å². The molecular weight excluding hydrogens is 491 g/mol. The molecule has 4 aromatic rings. The number of aromatic nitrogens is 3. The van der Waals surface area contributed by atoms with Crippen LogP contribution in [0.4, 0.5) is 9.52 Å². The van der Waals surface area contributed by atoms with Gasteiger partial charge in [0.05, 0.1) is 11.6 Å². The number of Topliss-reactive ketones (excluding diaryl/α,β-unsaturated/α-hetero) is 1. The number of benzene rings is 1. The van der Waals surface area contributed by atoms with E-state index in [1.54, 1.807) is 37.3 Å². The van der Waals surface area contributed by atoms with Crippen LogP contribution in [-0.4, -0.2) is 32.0 Å². The van der Waals surface area contributed by atoms with E-state index < -0.39 is 23.5 Å². The molecule has 0 unspecified atom stereocenters. The number of amides is 1. The number of hydrogen-bond acceptors (Lipinski definition) is 9. The number of carbonyl (C=O) groups is 2. The van der Waals surface area contributed by atoms with Gasteiger partial charge in [-0.3, -0.25) is 19.5 Å². The van der Waals surface area contributed by atoms with E-state index in [1.807, 2.05) is 0 Å². The monoisotopic (exact) mass is 508 g/mol. The Morgan fingerprint density at radius 3 is 2.57 bits per heavy atom. The summed E-state index contributed by atoms with van der Waals surface area (Å²) in [5, 5.41) is 19.3. The predicted octanol–water partition coefficient (Wildman–Crippen LogP) is 5.05. The lowest BCUT2D eigenvalue weighted by Crippen LogP contribution is -2.31. The van der Waals surface area contributed by atoms with Gasteiger partial charge in [-0.1, -0.05) is 35.2 Å². The van der Waals surface area contributed by atoms with Crippen molar-refractivity contribution in [3.63, 3.8) is 0 Å². The molecule has 0 aliphatic carbocycles. The molecular formula is C24H17FN4O4S2. The molecule has 1 aromatic carbocycles. The Labute approximate surface area is 207 Å². The molecule has 0 saturated carbocycles. The Bertz CT molecular complexity index is 1430. The molecule has 0 bridgehead atoms. The predicted molar refractivity (Wildman–Crippen MR) is 128 cm³/mol. The molecule has 11 heteroatoms. The minimum atomic E-state index is -0.939. The Balaban J connectivity index is 1.47. The van der Waals surface area contributed by atoms with E-state index in [9.17, 15) is 19.1 Å². The molecule has 0 radical (unpaired) electrons. The number of furan rings is 1. The molecule has 4 heterocycles. The van der Waals surface area contributed by atoms with Crippen LogP contribution in [0.3, 0.4) is 0 Å². The van der Waals surface area contributed by atoms with Crippen LogP contribution < -0.4 is 4.90 Å². The molecule has 1 atom stereocenters. The van der Waals surface area contributed by atoms with E-state index >= 15 is 0 Å². The van der Waals surface area contributed by atoms with Crippen molar-refractivity contribution in [1.29, 1.82) is 0 Å². The molecule has 0 spiro atoms. The molecule has 35 heavy (non-hydrogen) atoms. The van der Waals surface area contributed by atoms with Crippen molar-refractivity contribution in [2.75, 3.05) is 4.90 Å². The highest BCUT2D eigenvalue weighted by atomic mass is 32.2. The van der Waals surface area contributed by atoms with Crippen LogP contribution in [0.5, 0.6) is 0 Å². The highest BCUT2D eigenvalue weighted by molar-refractivity contribution is 8.00. The number of carbonyl (C=O) groups excluding carboxylic acids is 2. The number of anilines is 1. The summed E-state index contributed by atoms with van der Waals surface area (Å²) in [7, 11) is 0. The SMILES string of the molecule is Cc1ccc(C(=O)C2=C(O)C(=O)N(c3nnc(SCc4ccc(F)cc4)s3)[C@@H]2c2ccncc2)o1. The summed E-state index contributed by atoms with van der Waals surface area (Å²) < 4.78 is 19.2. The average molecular weight is 509 g/mol. The van der Waals surface area contributed by atoms with Gasteiger partial charge < -0.3 is 9.52 Å². The number of ketones is 1. The Morgan fingerprint density at radius 2 is 1.89 bits per heavy atom. The van der Waals surface area contributed by atoms with Gasteiger partial charge in [0, 0.05) is 18.1 Å². The zero-order valence-electron chi connectivity index (χ0n) is 18.2. The fraction of sp³-hybridized carbons (Fsp3) is 0.125. The van der Waals surface area contributed by atoms with Gasteiger partial charge >= 0.3 is 0 Å². The molecule has 1 amide bonds. The van der Waals surface area contributed by atoms with E-state index in [-0.39, 0.29) is 22.3 Å². The van der Waals surface area contributed by atoms with Crippen molar-refractivity contribution >= 4 is 39.9 Å². The van der Waals surface area contributed by atoms with Crippen molar-refractivity contribution in [1.82, 2.24) is 15.2 Å². The quantitative estimate of drug-likeness (QED) is 0.210. The van der Waals surface area contributed by atoms with Gasteiger partial charge in [0.25, 0.3) is 5.91 Å². The second-order valence-electron chi connectivity index (χ2n) is 7.63. The number of thioether (sulfide) groups is 1. The van der Waals surface area contributed by atoms with E-state index in [0.29, 0.717) is 21.4 Å². The number of aryl methyl sites for hydroxylation is 1. The lowest BCUT2D eigenvalue weighted by molar-refractivity contribution is -0.117. The highest BCUT2D eigenvalue weighted by Gasteiger charge is 2.46. The van der Waals surface area contributed by atoms with Gasteiger partial charge in [0.1, 0.15) is 11.6 Å². The van der Waals surface area contributed by atoms with E-state index in [1.165, 1.54) is 47.3 Å². The second kappa shape index (κ2) is 9.43. The summed E-state index contributed by atoms with van der Waals surface area (Å²) in [5.41, 5.74) is 1.37. The molecule has 0 saturated heterocycles. The largest absolute Gasteiger partial charge is 0.503 e. The van der Waals surface area contributed by atoms with Crippen LogP contribution in [0, 0.1) is 12.7 Å². The first-order chi connectivity index (χ1) is 16.9. The number of hydrogen-bond donors (Lipinski definition) is 1. The number of pyridine rings is 1. The Morgan fingerprint density at radius 1 is 1.14 bits per heavy atom. The third-order valence-corrected chi connectivity index (χ3v) is 7.44. The Hall–Kier alpha value is -3.83. The first kappa shape index (κ1) is 22.9. The van der Waals surface area contributed by atoms with Gasteiger partial charge in [-0.2, -0.15) is 0 Å². The van der Waals surface area contributed by atoms with Crippen molar-refractivity contribution < 1.29 is 23.5 Å². The zero-order chi connectivity index (χ0) is 24.5. The average Bonchev–Trinajstić information content (AvgIpc) is 3.57. The fourth-order valence-electron chi connectivity index (χ4n) is 3.67. The van der Waals surface area contributed by atoms with Crippen LogP contribution in [0.15, 0.2) is 81.0 Å². The number of aliphatic hydroxyl groups excluding tert-OH is 1. The normalized spacial score (nSPS) is 15.8. The molecule has 3 aromatic heterocycles. The number of aliphatic hydroxyl groups is 1. The van der Waals surface area contributed by atoms with E-state index in [2.05, 4.69) is 15.2 Å². The minimum Gasteiger partial charge on any atom is -0.503 e. The van der Waals surface area contributed by atoms with E-state index in [4.69, 9.17) is 4.42 Å². The van der Waals surface area contributed by atoms with Crippen molar-refractivity contribution in [3.05, 3.63) is 101 Å². The van der Waals surface area contributed by atoms with Crippen LogP contribution in [0.1, 0.15) is 33.5 Å². The standard InChI is InChI=1S/C24H17FN4O4S2/c1-13-2-7-17(33-13)20(30)18-19(15-8-10-26-11-9-15)29(22(32)21(18)31)23-27-28-24(35-23)34-12-14-3-5-16(25)6-4-14/h2-11,19,31H,12H2,1H3/t19-/m1/s1. The summed E-state index contributed by atoms with van der Waals surface area (Å²) in [5.74, 6) is -1.25. The Kier molecular flexibility index (Phi) is 6.18. The van der Waals surface area contributed by atoms with Crippen LogP contribution in [0.2, 0.25) is 0 Å². The summed E-state index contributed by atoms with van der Waals surface area (Å²) >= 11 is 2.54. The first-order valence-corrected chi connectivity index (χ1v) is 12.2. The highest BCUT2D eigenvalue weighted by Crippen LogP contribution is 2.43. The zero-order valence-corrected chi connectivity index (χ0v) is 19.8. The molecule has 1 aliphatic heterocycles. The van der Waals surface area contributed by atoms with Crippen molar-refractivity contribution in [2.45, 2.75) is 23.1 Å². The van der Waals surface area contributed by atoms with E-state index in [0.717, 1.165) is 16.9 Å².